The molecule has 136 valence electrons. The van der Waals surface area contributed by atoms with Crippen LogP contribution in [0.15, 0.2) is 30.3 Å². The summed E-state index contributed by atoms with van der Waals surface area (Å²) in [6.45, 7) is 4.19. The van der Waals surface area contributed by atoms with Gasteiger partial charge in [-0.15, -0.1) is 0 Å². The van der Waals surface area contributed by atoms with Crippen molar-refractivity contribution in [3.05, 3.63) is 35.9 Å². The van der Waals surface area contributed by atoms with Crippen LogP contribution in [0.25, 0.3) is 5.57 Å². The van der Waals surface area contributed by atoms with Gasteiger partial charge in [0.05, 0.1) is 24.4 Å². The van der Waals surface area contributed by atoms with Gasteiger partial charge in [-0.25, -0.2) is 4.79 Å². The normalized spacial score (nSPS) is 25.6. The van der Waals surface area contributed by atoms with Crippen molar-refractivity contribution in [2.24, 2.45) is 5.41 Å². The number of hydrogen-bond acceptors (Lipinski definition) is 4. The van der Waals surface area contributed by atoms with Crippen molar-refractivity contribution in [2.75, 3.05) is 11.5 Å². The van der Waals surface area contributed by atoms with E-state index in [0.717, 1.165) is 29.7 Å². The highest BCUT2D eigenvalue weighted by atomic mass is 16.5. The Kier molecular flexibility index (Phi) is 5.13. The Morgan fingerprint density at radius 3 is 2.88 bits per heavy atom. The van der Waals surface area contributed by atoms with Crippen LogP contribution in [0.2, 0.25) is 0 Å². The van der Waals surface area contributed by atoms with Crippen molar-refractivity contribution in [1.29, 1.82) is 5.26 Å². The first-order valence-electron chi connectivity index (χ1n) is 9.24. The number of carbonyl (C=O) groups excluding carboxylic acids is 2. The van der Waals surface area contributed by atoms with E-state index in [1.54, 1.807) is 13.0 Å². The zero-order chi connectivity index (χ0) is 18.7. The second kappa shape index (κ2) is 7.33. The topological polar surface area (TPSA) is 70.4 Å². The number of anilines is 1. The largest absolute Gasteiger partial charge is 0.463 e. The summed E-state index contributed by atoms with van der Waals surface area (Å²) in [5.41, 5.74) is 2.40. The first-order valence-corrected chi connectivity index (χ1v) is 9.24. The second-order valence-corrected chi connectivity index (χ2v) is 6.91. The molecule has 2 aliphatic heterocycles. The summed E-state index contributed by atoms with van der Waals surface area (Å²) in [6, 6.07) is 9.75. The summed E-state index contributed by atoms with van der Waals surface area (Å²) in [4.78, 5) is 26.9. The number of fused-ring (bicyclic) bond motifs is 3. The lowest BCUT2D eigenvalue weighted by atomic mass is 9.66. The minimum atomic E-state index is -0.387. The Labute approximate surface area is 154 Å². The van der Waals surface area contributed by atoms with Gasteiger partial charge in [0.25, 0.3) is 0 Å². The quantitative estimate of drug-likeness (QED) is 0.596. The number of piperidine rings is 1. The molecule has 26 heavy (non-hydrogen) atoms. The molecule has 1 aromatic carbocycles. The predicted molar refractivity (Wildman–Crippen MR) is 99.1 cm³/mol. The number of amides is 1. The third kappa shape index (κ3) is 2.90. The van der Waals surface area contributed by atoms with E-state index in [1.165, 1.54) is 0 Å². The summed E-state index contributed by atoms with van der Waals surface area (Å²) < 4.78 is 5.14. The van der Waals surface area contributed by atoms with Crippen molar-refractivity contribution in [1.82, 2.24) is 0 Å². The lowest BCUT2D eigenvalue weighted by Crippen LogP contribution is -2.53. The van der Waals surface area contributed by atoms with E-state index >= 15 is 0 Å². The Morgan fingerprint density at radius 2 is 2.19 bits per heavy atom. The number of ether oxygens (including phenoxy) is 1. The number of para-hydroxylation sites is 1. The number of benzene rings is 1. The fourth-order valence-corrected chi connectivity index (χ4v) is 4.43. The number of rotatable bonds is 5. The van der Waals surface area contributed by atoms with Crippen LogP contribution >= 0.6 is 0 Å². The standard InChI is InChI=1S/C21H24N2O3/c1-3-21(11-7-13-22)12-10-18(24)23-17-9-6-5-8-15(17)16(20(21)23)14-19(25)26-4-2/h5-6,8-9,14,20H,3-4,7,10-12H2,1-2H3/b16-14+. The summed E-state index contributed by atoms with van der Waals surface area (Å²) >= 11 is 0. The van der Waals surface area contributed by atoms with Crippen molar-refractivity contribution in [3.8, 4) is 6.07 Å². The maximum absolute atomic E-state index is 12.8. The molecule has 0 saturated carbocycles. The van der Waals surface area contributed by atoms with E-state index in [0.29, 0.717) is 25.9 Å². The second-order valence-electron chi connectivity index (χ2n) is 6.91. The lowest BCUT2D eigenvalue weighted by molar-refractivity contribution is -0.137. The van der Waals surface area contributed by atoms with Crippen molar-refractivity contribution in [3.63, 3.8) is 0 Å². The highest BCUT2D eigenvalue weighted by molar-refractivity contribution is 6.08. The Hall–Kier alpha value is -2.61. The van der Waals surface area contributed by atoms with Gasteiger partial charge < -0.3 is 9.64 Å². The summed E-state index contributed by atoms with van der Waals surface area (Å²) in [5.74, 6) is -0.307. The molecule has 1 aromatic rings. The fourth-order valence-electron chi connectivity index (χ4n) is 4.43. The predicted octanol–water partition coefficient (Wildman–Crippen LogP) is 3.84. The molecule has 0 aromatic heterocycles. The van der Waals surface area contributed by atoms with Gasteiger partial charge in [-0.1, -0.05) is 25.1 Å². The fraction of sp³-hybridized carbons (Fsp3) is 0.476. The third-order valence-electron chi connectivity index (χ3n) is 5.71. The van der Waals surface area contributed by atoms with Gasteiger partial charge in [-0.2, -0.15) is 5.26 Å². The van der Waals surface area contributed by atoms with Crippen molar-refractivity contribution in [2.45, 2.75) is 52.0 Å². The minimum absolute atomic E-state index is 0.0794. The molecule has 1 fully saturated rings. The molecule has 5 nitrogen and oxygen atoms in total. The molecule has 0 spiro atoms. The first-order chi connectivity index (χ1) is 12.6. The van der Waals surface area contributed by atoms with E-state index in [4.69, 9.17) is 10.00 Å². The average molecular weight is 352 g/mol. The van der Waals surface area contributed by atoms with Crippen LogP contribution in [0.1, 0.15) is 51.5 Å². The van der Waals surface area contributed by atoms with Gasteiger partial charge in [0.2, 0.25) is 5.91 Å². The molecule has 2 unspecified atom stereocenters. The molecule has 2 atom stereocenters. The van der Waals surface area contributed by atoms with Gasteiger partial charge in [0.1, 0.15) is 0 Å². The molecular formula is C21H24N2O3. The molecule has 3 rings (SSSR count). The number of hydrogen-bond donors (Lipinski definition) is 0. The zero-order valence-electron chi connectivity index (χ0n) is 15.3. The van der Waals surface area contributed by atoms with Gasteiger partial charge in [0, 0.05) is 24.5 Å². The number of nitriles is 1. The molecule has 0 aliphatic carbocycles. The third-order valence-corrected chi connectivity index (χ3v) is 5.71. The highest BCUT2D eigenvalue weighted by Gasteiger charge is 2.52. The lowest BCUT2D eigenvalue weighted by Gasteiger charge is -2.47. The molecule has 0 N–H and O–H groups in total. The molecule has 2 aliphatic rings. The van der Waals surface area contributed by atoms with Crippen LogP contribution in [0.3, 0.4) is 0 Å². The Bertz CT molecular complexity index is 793. The van der Waals surface area contributed by atoms with E-state index in [9.17, 15) is 9.59 Å². The molecular weight excluding hydrogens is 328 g/mol. The van der Waals surface area contributed by atoms with E-state index in [1.807, 2.05) is 29.2 Å². The Morgan fingerprint density at radius 1 is 1.42 bits per heavy atom. The van der Waals surface area contributed by atoms with E-state index in [2.05, 4.69) is 13.0 Å². The number of carbonyl (C=O) groups is 2. The van der Waals surface area contributed by atoms with Crippen molar-refractivity contribution < 1.29 is 14.3 Å². The van der Waals surface area contributed by atoms with E-state index in [-0.39, 0.29) is 23.3 Å². The molecule has 0 bridgehead atoms. The van der Waals surface area contributed by atoms with Crippen LogP contribution in [0, 0.1) is 16.7 Å². The molecule has 5 heteroatoms. The maximum Gasteiger partial charge on any atom is 0.331 e. The van der Waals surface area contributed by atoms with Crippen molar-refractivity contribution >= 4 is 23.1 Å². The summed E-state index contributed by atoms with van der Waals surface area (Å²) in [7, 11) is 0. The maximum atomic E-state index is 12.8. The van der Waals surface area contributed by atoms with Crippen LogP contribution < -0.4 is 4.90 Å². The van der Waals surface area contributed by atoms with E-state index < -0.39 is 0 Å². The average Bonchev–Trinajstić information content (AvgIpc) is 2.98. The Balaban J connectivity index is 2.16. The summed E-state index contributed by atoms with van der Waals surface area (Å²) in [5, 5.41) is 9.13. The summed E-state index contributed by atoms with van der Waals surface area (Å²) in [6.07, 6.45) is 4.74. The van der Waals surface area contributed by atoms with Crippen LogP contribution in [-0.2, 0) is 14.3 Å². The SMILES string of the molecule is CCOC(=O)/C=C1\c2ccccc2N2C(=O)CCC(CC)(CCC#N)C12. The first kappa shape index (κ1) is 18.2. The van der Waals surface area contributed by atoms with Gasteiger partial charge in [-0.05, 0) is 43.2 Å². The minimum Gasteiger partial charge on any atom is -0.463 e. The van der Waals surface area contributed by atoms with Gasteiger partial charge in [0.15, 0.2) is 0 Å². The van der Waals surface area contributed by atoms with Crippen LogP contribution in [-0.4, -0.2) is 24.5 Å². The highest BCUT2D eigenvalue weighted by Crippen LogP contribution is 2.54. The molecule has 1 saturated heterocycles. The number of esters is 1. The monoisotopic (exact) mass is 352 g/mol. The van der Waals surface area contributed by atoms with Gasteiger partial charge >= 0.3 is 5.97 Å². The van der Waals surface area contributed by atoms with Crippen LogP contribution in [0.4, 0.5) is 5.69 Å². The van der Waals surface area contributed by atoms with Crippen LogP contribution in [0.5, 0.6) is 0 Å². The molecule has 1 amide bonds. The molecule has 0 radical (unpaired) electrons. The number of nitrogens with zero attached hydrogens (tertiary/aromatic N) is 2. The smallest absolute Gasteiger partial charge is 0.331 e. The van der Waals surface area contributed by atoms with Gasteiger partial charge in [-0.3, -0.25) is 4.79 Å². The molecule has 2 heterocycles. The zero-order valence-corrected chi connectivity index (χ0v) is 15.3.